The quantitative estimate of drug-likeness (QED) is 0.466. The smallest absolute Gasteiger partial charge is 0.272 e. The largest absolute Gasteiger partial charge is 0.457 e. The van der Waals surface area contributed by atoms with E-state index < -0.39 is 0 Å². The standard InChI is InChI=1S/C24H22N6O3/c1-15-5-7-16(8-6-15)22(31)30(4)24-26-20-13-17(9-10-19(20)27-28-24)33-18-11-12-25-21(14-18)23(32)29(2)3/h5-14H,1-4H3. The Bertz CT molecular complexity index is 1340. The summed E-state index contributed by atoms with van der Waals surface area (Å²) in [7, 11) is 4.92. The number of fused-ring (bicyclic) bond motifs is 1. The van der Waals surface area contributed by atoms with Crippen molar-refractivity contribution in [2.45, 2.75) is 6.92 Å². The monoisotopic (exact) mass is 442 g/mol. The van der Waals surface area contributed by atoms with E-state index in [4.69, 9.17) is 4.74 Å². The molecule has 0 spiro atoms. The van der Waals surface area contributed by atoms with Crippen molar-refractivity contribution >= 4 is 28.8 Å². The van der Waals surface area contributed by atoms with E-state index in [0.717, 1.165) is 5.56 Å². The molecule has 4 aromatic rings. The van der Waals surface area contributed by atoms with E-state index in [1.807, 2.05) is 19.1 Å². The lowest BCUT2D eigenvalue weighted by atomic mass is 10.1. The van der Waals surface area contributed by atoms with E-state index in [1.54, 1.807) is 63.6 Å². The summed E-state index contributed by atoms with van der Waals surface area (Å²) in [5.41, 5.74) is 2.95. The molecule has 4 rings (SSSR count). The van der Waals surface area contributed by atoms with Crippen LogP contribution in [0.1, 0.15) is 26.4 Å². The zero-order chi connectivity index (χ0) is 23.5. The number of pyridine rings is 1. The number of benzene rings is 2. The number of hydrogen-bond donors (Lipinski definition) is 0. The maximum absolute atomic E-state index is 12.8. The third-order valence-corrected chi connectivity index (χ3v) is 4.91. The molecular formula is C24H22N6O3. The number of carbonyl (C=O) groups is 2. The zero-order valence-corrected chi connectivity index (χ0v) is 18.7. The Morgan fingerprint density at radius 1 is 0.818 bits per heavy atom. The van der Waals surface area contributed by atoms with Crippen LogP contribution in [0.2, 0.25) is 0 Å². The molecule has 9 nitrogen and oxygen atoms in total. The van der Waals surface area contributed by atoms with Crippen molar-refractivity contribution in [1.82, 2.24) is 25.1 Å². The molecule has 0 saturated heterocycles. The fourth-order valence-corrected chi connectivity index (χ4v) is 3.05. The number of rotatable bonds is 5. The van der Waals surface area contributed by atoms with Crippen molar-refractivity contribution in [3.63, 3.8) is 0 Å². The van der Waals surface area contributed by atoms with Gasteiger partial charge in [0.05, 0.1) is 5.52 Å². The van der Waals surface area contributed by atoms with Gasteiger partial charge in [-0.2, -0.15) is 0 Å². The number of hydrogen-bond acceptors (Lipinski definition) is 7. The van der Waals surface area contributed by atoms with Crippen molar-refractivity contribution in [3.05, 3.63) is 77.6 Å². The predicted molar refractivity (Wildman–Crippen MR) is 124 cm³/mol. The van der Waals surface area contributed by atoms with Crippen LogP contribution >= 0.6 is 0 Å². The van der Waals surface area contributed by atoms with Crippen LogP contribution in [0.15, 0.2) is 60.8 Å². The first-order valence-electron chi connectivity index (χ1n) is 10.2. The number of nitrogens with zero attached hydrogens (tertiary/aromatic N) is 6. The van der Waals surface area contributed by atoms with E-state index in [1.165, 1.54) is 16.0 Å². The summed E-state index contributed by atoms with van der Waals surface area (Å²) in [5, 5.41) is 8.26. The van der Waals surface area contributed by atoms with Crippen LogP contribution < -0.4 is 9.64 Å². The Morgan fingerprint density at radius 2 is 1.55 bits per heavy atom. The topological polar surface area (TPSA) is 101 Å². The fraction of sp³-hybridized carbons (Fsp3) is 0.167. The number of aryl methyl sites for hydroxylation is 1. The highest BCUT2D eigenvalue weighted by atomic mass is 16.5. The number of aromatic nitrogens is 4. The molecule has 0 aliphatic carbocycles. The summed E-state index contributed by atoms with van der Waals surface area (Å²) in [6, 6.07) is 15.7. The lowest BCUT2D eigenvalue weighted by Gasteiger charge is -2.15. The molecule has 0 atom stereocenters. The normalized spacial score (nSPS) is 10.7. The van der Waals surface area contributed by atoms with Crippen LogP contribution in [0.25, 0.3) is 11.0 Å². The maximum atomic E-state index is 12.8. The molecule has 0 unspecified atom stereocenters. The highest BCUT2D eigenvalue weighted by molar-refractivity contribution is 6.05. The molecule has 0 radical (unpaired) electrons. The Hall–Kier alpha value is -4.40. The fourth-order valence-electron chi connectivity index (χ4n) is 3.05. The Kier molecular flexibility index (Phi) is 5.95. The van der Waals surface area contributed by atoms with Gasteiger partial charge in [0.15, 0.2) is 0 Å². The Morgan fingerprint density at radius 3 is 2.27 bits per heavy atom. The highest BCUT2D eigenvalue weighted by Gasteiger charge is 2.17. The average Bonchev–Trinajstić information content (AvgIpc) is 2.82. The first kappa shape index (κ1) is 21.8. The summed E-state index contributed by atoms with van der Waals surface area (Å²) >= 11 is 0. The molecule has 2 heterocycles. The van der Waals surface area contributed by atoms with Gasteiger partial charge in [0.1, 0.15) is 22.7 Å². The third kappa shape index (κ3) is 4.77. The van der Waals surface area contributed by atoms with Crippen LogP contribution in [-0.4, -0.2) is 58.0 Å². The summed E-state index contributed by atoms with van der Waals surface area (Å²) < 4.78 is 5.91. The van der Waals surface area contributed by atoms with Gasteiger partial charge in [0, 0.05) is 45.0 Å². The number of carbonyl (C=O) groups excluding carboxylic acids is 2. The summed E-state index contributed by atoms with van der Waals surface area (Å²) in [5.74, 6) is 0.674. The molecule has 166 valence electrons. The van der Waals surface area contributed by atoms with Gasteiger partial charge in [-0.05, 0) is 37.3 Å². The van der Waals surface area contributed by atoms with Crippen molar-refractivity contribution in [3.8, 4) is 11.5 Å². The summed E-state index contributed by atoms with van der Waals surface area (Å²) in [6.07, 6.45) is 1.51. The van der Waals surface area contributed by atoms with Gasteiger partial charge in [-0.15, -0.1) is 10.2 Å². The van der Waals surface area contributed by atoms with Crippen LogP contribution in [0.4, 0.5) is 5.95 Å². The lowest BCUT2D eigenvalue weighted by molar-refractivity contribution is 0.0821. The molecule has 2 amide bonds. The maximum Gasteiger partial charge on any atom is 0.272 e. The van der Waals surface area contributed by atoms with Gasteiger partial charge in [-0.25, -0.2) is 4.98 Å². The van der Waals surface area contributed by atoms with Gasteiger partial charge in [-0.1, -0.05) is 17.7 Å². The van der Waals surface area contributed by atoms with E-state index in [0.29, 0.717) is 28.1 Å². The van der Waals surface area contributed by atoms with Crippen LogP contribution in [0.5, 0.6) is 11.5 Å². The molecule has 2 aromatic heterocycles. The molecule has 9 heteroatoms. The molecule has 33 heavy (non-hydrogen) atoms. The Labute approximate surface area is 190 Å². The molecule has 0 fully saturated rings. The van der Waals surface area contributed by atoms with Gasteiger partial charge >= 0.3 is 0 Å². The van der Waals surface area contributed by atoms with Crippen LogP contribution in [-0.2, 0) is 0 Å². The molecular weight excluding hydrogens is 420 g/mol. The van der Waals surface area contributed by atoms with Crippen molar-refractivity contribution in [1.29, 1.82) is 0 Å². The van der Waals surface area contributed by atoms with Gasteiger partial charge in [-0.3, -0.25) is 19.5 Å². The van der Waals surface area contributed by atoms with Crippen molar-refractivity contribution in [2.75, 3.05) is 26.0 Å². The second-order valence-corrected chi connectivity index (χ2v) is 7.67. The first-order valence-corrected chi connectivity index (χ1v) is 10.2. The molecule has 0 saturated carbocycles. The second-order valence-electron chi connectivity index (χ2n) is 7.67. The minimum atomic E-state index is -0.238. The average molecular weight is 442 g/mol. The van der Waals surface area contributed by atoms with E-state index in [2.05, 4.69) is 20.2 Å². The van der Waals surface area contributed by atoms with Crippen molar-refractivity contribution < 1.29 is 14.3 Å². The van der Waals surface area contributed by atoms with E-state index in [-0.39, 0.29) is 23.5 Å². The van der Waals surface area contributed by atoms with Crippen molar-refractivity contribution in [2.24, 2.45) is 0 Å². The number of amides is 2. The van der Waals surface area contributed by atoms with Gasteiger partial charge in [0.25, 0.3) is 17.8 Å². The molecule has 0 N–H and O–H groups in total. The van der Waals surface area contributed by atoms with E-state index in [9.17, 15) is 9.59 Å². The highest BCUT2D eigenvalue weighted by Crippen LogP contribution is 2.25. The molecule has 0 bridgehead atoms. The molecule has 0 aliphatic rings. The van der Waals surface area contributed by atoms with Gasteiger partial charge in [0.2, 0.25) is 0 Å². The number of ether oxygens (including phenoxy) is 1. The molecule has 0 aliphatic heterocycles. The van der Waals surface area contributed by atoms with Crippen LogP contribution in [0.3, 0.4) is 0 Å². The SMILES string of the molecule is Cc1ccc(C(=O)N(C)c2nnc3ccc(Oc4ccnc(C(=O)N(C)C)c4)cc3n2)cc1. The second kappa shape index (κ2) is 8.99. The Balaban J connectivity index is 1.59. The number of anilines is 1. The first-order chi connectivity index (χ1) is 15.8. The third-order valence-electron chi connectivity index (χ3n) is 4.91. The minimum absolute atomic E-state index is 0.174. The van der Waals surface area contributed by atoms with E-state index >= 15 is 0 Å². The lowest BCUT2D eigenvalue weighted by Crippen LogP contribution is -2.28. The summed E-state index contributed by atoms with van der Waals surface area (Å²) in [6.45, 7) is 1.96. The molecule has 2 aromatic carbocycles. The van der Waals surface area contributed by atoms with Crippen LogP contribution in [0, 0.1) is 6.92 Å². The summed E-state index contributed by atoms with van der Waals surface area (Å²) in [4.78, 5) is 36.3. The zero-order valence-electron chi connectivity index (χ0n) is 18.7. The van der Waals surface area contributed by atoms with Gasteiger partial charge < -0.3 is 9.64 Å². The minimum Gasteiger partial charge on any atom is -0.457 e. The predicted octanol–water partition coefficient (Wildman–Crippen LogP) is 3.50.